The van der Waals surface area contributed by atoms with E-state index in [4.69, 9.17) is 16.9 Å². The zero-order valence-electron chi connectivity index (χ0n) is 12.6. The fourth-order valence-electron chi connectivity index (χ4n) is 2.75. The number of likely N-dealkylation sites (tertiary alicyclic amines) is 1. The van der Waals surface area contributed by atoms with Crippen LogP contribution in [0.2, 0.25) is 5.02 Å². The van der Waals surface area contributed by atoms with Crippen LogP contribution in [0.3, 0.4) is 0 Å². The minimum atomic E-state index is -0.215. The van der Waals surface area contributed by atoms with E-state index < -0.39 is 0 Å². The maximum absolute atomic E-state index is 12.5. The molecule has 0 unspecified atom stereocenters. The number of carbonyl (C=O) groups excluding carboxylic acids is 1. The van der Waals surface area contributed by atoms with Crippen molar-refractivity contribution < 1.29 is 4.79 Å². The Hall–Kier alpha value is -1.53. The van der Waals surface area contributed by atoms with Gasteiger partial charge in [0.05, 0.1) is 6.07 Å². The summed E-state index contributed by atoms with van der Waals surface area (Å²) in [5.74, 6) is 0.282. The van der Waals surface area contributed by atoms with Gasteiger partial charge in [-0.25, -0.2) is 0 Å². The average Bonchev–Trinajstić information content (AvgIpc) is 2.47. The van der Waals surface area contributed by atoms with Crippen LogP contribution < -0.4 is 0 Å². The summed E-state index contributed by atoms with van der Waals surface area (Å²) < 4.78 is 0. The number of amides is 1. The largest absolute Gasteiger partial charge is 0.343 e. The van der Waals surface area contributed by atoms with Crippen molar-refractivity contribution >= 4 is 17.5 Å². The van der Waals surface area contributed by atoms with Crippen molar-refractivity contribution in [3.8, 4) is 6.07 Å². The highest BCUT2D eigenvalue weighted by Gasteiger charge is 2.29. The van der Waals surface area contributed by atoms with Crippen LogP contribution in [0.25, 0.3) is 0 Å². The molecule has 0 bridgehead atoms. The first-order chi connectivity index (χ1) is 9.92. The number of hydrogen-bond acceptors (Lipinski definition) is 2. The molecule has 1 aromatic rings. The van der Waals surface area contributed by atoms with E-state index in [0.29, 0.717) is 24.5 Å². The minimum Gasteiger partial charge on any atom is -0.343 e. The lowest BCUT2D eigenvalue weighted by atomic mass is 9.81. The molecular formula is C17H21ClN2O. The normalized spacial score (nSPS) is 16.6. The Morgan fingerprint density at radius 2 is 1.90 bits per heavy atom. The fraction of sp³-hybridized carbons (Fsp3) is 0.529. The van der Waals surface area contributed by atoms with Crippen LogP contribution in [-0.2, 0) is 10.2 Å². The van der Waals surface area contributed by atoms with Gasteiger partial charge in [0, 0.05) is 30.5 Å². The van der Waals surface area contributed by atoms with E-state index in [1.165, 1.54) is 0 Å². The predicted molar refractivity (Wildman–Crippen MR) is 84.0 cm³/mol. The van der Waals surface area contributed by atoms with Gasteiger partial charge in [0.1, 0.15) is 0 Å². The van der Waals surface area contributed by atoms with Gasteiger partial charge < -0.3 is 4.90 Å². The molecule has 1 heterocycles. The molecule has 2 rings (SSSR count). The number of piperidine rings is 1. The standard InChI is InChI=1S/C17H21ClN2O/c1-17(2,14-3-5-15(18)6-4-14)11-16(21)20-9-7-13(12-19)8-10-20/h3-6,13H,7-11H2,1-2H3. The van der Waals surface area contributed by atoms with Crippen molar-refractivity contribution in [3.05, 3.63) is 34.9 Å². The topological polar surface area (TPSA) is 44.1 Å². The smallest absolute Gasteiger partial charge is 0.223 e. The lowest BCUT2D eigenvalue weighted by Gasteiger charge is -2.33. The Balaban J connectivity index is 1.98. The van der Waals surface area contributed by atoms with Gasteiger partial charge in [-0.2, -0.15) is 5.26 Å². The lowest BCUT2D eigenvalue weighted by Crippen LogP contribution is -2.40. The molecule has 1 aliphatic rings. The number of hydrogen-bond donors (Lipinski definition) is 0. The molecule has 3 nitrogen and oxygen atoms in total. The van der Waals surface area contributed by atoms with Crippen LogP contribution in [0.15, 0.2) is 24.3 Å². The summed E-state index contributed by atoms with van der Waals surface area (Å²) in [6, 6.07) is 9.98. The Bertz CT molecular complexity index is 537. The Labute approximate surface area is 131 Å². The molecule has 0 spiro atoms. The summed E-state index contributed by atoms with van der Waals surface area (Å²) >= 11 is 5.92. The van der Waals surface area contributed by atoms with Crippen LogP contribution in [0.1, 0.15) is 38.7 Å². The quantitative estimate of drug-likeness (QED) is 0.853. The van der Waals surface area contributed by atoms with Crippen LogP contribution in [0, 0.1) is 17.2 Å². The molecule has 0 aromatic heterocycles. The molecular weight excluding hydrogens is 284 g/mol. The van der Waals surface area contributed by atoms with E-state index in [1.807, 2.05) is 29.2 Å². The Kier molecular flexibility index (Phi) is 4.90. The van der Waals surface area contributed by atoms with Gasteiger partial charge in [0.15, 0.2) is 0 Å². The molecule has 0 saturated carbocycles. The highest BCUT2D eigenvalue weighted by atomic mass is 35.5. The van der Waals surface area contributed by atoms with Gasteiger partial charge in [-0.3, -0.25) is 4.79 Å². The monoisotopic (exact) mass is 304 g/mol. The SMILES string of the molecule is CC(C)(CC(=O)N1CCC(C#N)CC1)c1ccc(Cl)cc1. The van der Waals surface area contributed by atoms with Gasteiger partial charge in [0.2, 0.25) is 5.91 Å². The van der Waals surface area contributed by atoms with Gasteiger partial charge in [0.25, 0.3) is 0 Å². The Morgan fingerprint density at radius 3 is 2.43 bits per heavy atom. The molecule has 0 aliphatic carbocycles. The van der Waals surface area contributed by atoms with Crippen molar-refractivity contribution in [2.24, 2.45) is 5.92 Å². The van der Waals surface area contributed by atoms with Crippen LogP contribution >= 0.6 is 11.6 Å². The third kappa shape index (κ3) is 3.98. The third-order valence-corrected chi connectivity index (χ3v) is 4.50. The highest BCUT2D eigenvalue weighted by molar-refractivity contribution is 6.30. The van der Waals surface area contributed by atoms with Crippen LogP contribution in [-0.4, -0.2) is 23.9 Å². The van der Waals surface area contributed by atoms with E-state index in [2.05, 4.69) is 19.9 Å². The van der Waals surface area contributed by atoms with Crippen molar-refractivity contribution in [2.45, 2.75) is 38.5 Å². The maximum Gasteiger partial charge on any atom is 0.223 e. The number of carbonyl (C=O) groups is 1. The number of halogens is 1. The van der Waals surface area contributed by atoms with Crippen LogP contribution in [0.4, 0.5) is 0 Å². The maximum atomic E-state index is 12.5. The van der Waals surface area contributed by atoms with Gasteiger partial charge >= 0.3 is 0 Å². The van der Waals surface area contributed by atoms with Gasteiger partial charge in [-0.05, 0) is 36.0 Å². The van der Waals surface area contributed by atoms with Crippen LogP contribution in [0.5, 0.6) is 0 Å². The number of benzene rings is 1. The van der Waals surface area contributed by atoms with E-state index >= 15 is 0 Å². The van der Waals surface area contributed by atoms with E-state index in [0.717, 1.165) is 18.4 Å². The van der Waals surface area contributed by atoms with E-state index in [9.17, 15) is 4.79 Å². The third-order valence-electron chi connectivity index (χ3n) is 4.25. The molecule has 1 amide bonds. The van der Waals surface area contributed by atoms with Gasteiger partial charge in [-0.15, -0.1) is 0 Å². The molecule has 0 radical (unpaired) electrons. The average molecular weight is 305 g/mol. The summed E-state index contributed by atoms with van der Waals surface area (Å²) in [4.78, 5) is 14.4. The van der Waals surface area contributed by atoms with Crippen molar-refractivity contribution in [3.63, 3.8) is 0 Å². The van der Waals surface area contributed by atoms with Gasteiger partial charge in [-0.1, -0.05) is 37.6 Å². The molecule has 0 N–H and O–H groups in total. The Morgan fingerprint density at radius 1 is 1.33 bits per heavy atom. The summed E-state index contributed by atoms with van der Waals surface area (Å²) in [6.07, 6.45) is 2.07. The fourth-order valence-corrected chi connectivity index (χ4v) is 2.88. The molecule has 0 atom stereocenters. The molecule has 1 fully saturated rings. The summed E-state index contributed by atoms with van der Waals surface area (Å²) in [5, 5.41) is 9.62. The van der Waals surface area contributed by atoms with E-state index in [1.54, 1.807) is 0 Å². The molecule has 112 valence electrons. The second-order valence-electron chi connectivity index (χ2n) is 6.35. The minimum absolute atomic E-state index is 0.110. The predicted octanol–water partition coefficient (Wildman–Crippen LogP) is 3.77. The first kappa shape index (κ1) is 15.9. The van der Waals surface area contributed by atoms with Crippen molar-refractivity contribution in [1.82, 2.24) is 4.90 Å². The highest BCUT2D eigenvalue weighted by Crippen LogP contribution is 2.29. The summed E-state index contributed by atoms with van der Waals surface area (Å²) in [7, 11) is 0. The second kappa shape index (κ2) is 6.49. The molecule has 4 heteroatoms. The summed E-state index contributed by atoms with van der Waals surface area (Å²) in [6.45, 7) is 5.56. The second-order valence-corrected chi connectivity index (χ2v) is 6.79. The molecule has 1 aliphatic heterocycles. The summed E-state index contributed by atoms with van der Waals surface area (Å²) in [5.41, 5.74) is 0.903. The first-order valence-electron chi connectivity index (χ1n) is 7.36. The first-order valence-corrected chi connectivity index (χ1v) is 7.73. The number of nitriles is 1. The lowest BCUT2D eigenvalue weighted by molar-refractivity contribution is -0.133. The van der Waals surface area contributed by atoms with E-state index in [-0.39, 0.29) is 17.2 Å². The number of nitrogens with zero attached hydrogens (tertiary/aromatic N) is 2. The molecule has 21 heavy (non-hydrogen) atoms. The van der Waals surface area contributed by atoms with Crippen molar-refractivity contribution in [2.75, 3.05) is 13.1 Å². The molecule has 1 saturated heterocycles. The zero-order chi connectivity index (χ0) is 15.5. The number of rotatable bonds is 3. The zero-order valence-corrected chi connectivity index (χ0v) is 13.4. The van der Waals surface area contributed by atoms with Crippen molar-refractivity contribution in [1.29, 1.82) is 5.26 Å². The molecule has 1 aromatic carbocycles.